The molecule has 162 valence electrons. The second kappa shape index (κ2) is 9.41. The first-order valence-electron chi connectivity index (χ1n) is 9.16. The van der Waals surface area contributed by atoms with Gasteiger partial charge < -0.3 is 14.8 Å². The molecule has 3 rings (SSSR count). The molecule has 1 aromatic carbocycles. The number of halogens is 5. The molecule has 1 N–H and O–H groups in total. The van der Waals surface area contributed by atoms with E-state index in [1.165, 1.54) is 6.07 Å². The van der Waals surface area contributed by atoms with Crippen molar-refractivity contribution >= 4 is 29.1 Å². The Morgan fingerprint density at radius 2 is 1.87 bits per heavy atom. The molecule has 1 amide bonds. The summed E-state index contributed by atoms with van der Waals surface area (Å²) in [4.78, 5) is 16.3. The smallest absolute Gasteiger partial charge is 0.422 e. The predicted molar refractivity (Wildman–Crippen MR) is 106 cm³/mol. The van der Waals surface area contributed by atoms with Gasteiger partial charge in [-0.1, -0.05) is 35.3 Å². The van der Waals surface area contributed by atoms with E-state index in [1.807, 2.05) is 12.1 Å². The molecule has 0 aliphatic carbocycles. The molecule has 2 heterocycles. The van der Waals surface area contributed by atoms with Gasteiger partial charge in [-0.2, -0.15) is 13.2 Å². The molecule has 2 aromatic rings. The van der Waals surface area contributed by atoms with Crippen LogP contribution in [0.3, 0.4) is 0 Å². The fourth-order valence-electron chi connectivity index (χ4n) is 3.29. The number of nitrogens with zero attached hydrogens (tertiary/aromatic N) is 1. The summed E-state index contributed by atoms with van der Waals surface area (Å²) in [7, 11) is 0. The van der Waals surface area contributed by atoms with Crippen molar-refractivity contribution in [3.05, 3.63) is 57.7 Å². The van der Waals surface area contributed by atoms with Crippen LogP contribution < -0.4 is 10.1 Å². The van der Waals surface area contributed by atoms with Crippen LogP contribution in [0.15, 0.2) is 36.5 Å². The van der Waals surface area contributed by atoms with Crippen LogP contribution in [0.25, 0.3) is 0 Å². The SMILES string of the molecule is O=C(NCC1(c2ccc(Cl)cc2)CCOCC1)c1cnc(OCC(F)(F)F)c(Cl)c1. The van der Waals surface area contributed by atoms with Crippen LogP contribution in [0.5, 0.6) is 5.88 Å². The number of alkyl halides is 3. The molecule has 1 aliphatic heterocycles. The normalized spacial score (nSPS) is 16.2. The summed E-state index contributed by atoms with van der Waals surface area (Å²) in [6.07, 6.45) is -1.94. The lowest BCUT2D eigenvalue weighted by atomic mass is 9.74. The number of hydrogen-bond donors (Lipinski definition) is 1. The van der Waals surface area contributed by atoms with Crippen LogP contribution in [0.1, 0.15) is 28.8 Å². The zero-order chi connectivity index (χ0) is 21.8. The molecule has 0 radical (unpaired) electrons. The van der Waals surface area contributed by atoms with Crippen LogP contribution in [-0.4, -0.2) is 43.4 Å². The molecule has 0 spiro atoms. The number of benzene rings is 1. The van der Waals surface area contributed by atoms with Crippen molar-refractivity contribution in [3.63, 3.8) is 0 Å². The summed E-state index contributed by atoms with van der Waals surface area (Å²) in [6, 6.07) is 8.71. The first-order valence-corrected chi connectivity index (χ1v) is 9.91. The molecule has 0 unspecified atom stereocenters. The molecular formula is C20H19Cl2F3N2O3. The Balaban J connectivity index is 1.69. The first-order chi connectivity index (χ1) is 14.2. The minimum Gasteiger partial charge on any atom is -0.467 e. The summed E-state index contributed by atoms with van der Waals surface area (Å²) >= 11 is 11.9. The lowest BCUT2D eigenvalue weighted by Crippen LogP contribution is -2.44. The molecule has 1 aliphatic rings. The van der Waals surface area contributed by atoms with Crippen LogP contribution in [0.2, 0.25) is 10.0 Å². The van der Waals surface area contributed by atoms with Crippen LogP contribution in [0.4, 0.5) is 13.2 Å². The van der Waals surface area contributed by atoms with Crippen molar-refractivity contribution in [2.75, 3.05) is 26.4 Å². The Morgan fingerprint density at radius 3 is 2.47 bits per heavy atom. The summed E-state index contributed by atoms with van der Waals surface area (Å²) in [5, 5.41) is 3.33. The molecule has 1 fully saturated rings. The maximum Gasteiger partial charge on any atom is 0.422 e. The van der Waals surface area contributed by atoms with Crippen LogP contribution in [-0.2, 0) is 10.2 Å². The zero-order valence-electron chi connectivity index (χ0n) is 15.8. The van der Waals surface area contributed by atoms with E-state index in [0.717, 1.165) is 24.6 Å². The van der Waals surface area contributed by atoms with Crippen molar-refractivity contribution in [2.45, 2.75) is 24.4 Å². The minimum absolute atomic E-state index is 0.123. The third-order valence-electron chi connectivity index (χ3n) is 4.94. The monoisotopic (exact) mass is 462 g/mol. The number of hydrogen-bond acceptors (Lipinski definition) is 4. The molecule has 1 aromatic heterocycles. The first kappa shape index (κ1) is 22.7. The van der Waals surface area contributed by atoms with Gasteiger partial charge in [0.2, 0.25) is 5.88 Å². The fourth-order valence-corrected chi connectivity index (χ4v) is 3.64. The maximum atomic E-state index is 12.6. The number of carbonyl (C=O) groups excluding carboxylic acids is 1. The third-order valence-corrected chi connectivity index (χ3v) is 5.46. The van der Waals surface area contributed by atoms with E-state index in [9.17, 15) is 18.0 Å². The van der Waals surface area contributed by atoms with E-state index < -0.39 is 18.7 Å². The largest absolute Gasteiger partial charge is 0.467 e. The van der Waals surface area contributed by atoms with E-state index in [1.54, 1.807) is 12.1 Å². The van der Waals surface area contributed by atoms with Gasteiger partial charge in [-0.25, -0.2) is 4.98 Å². The van der Waals surface area contributed by atoms with Gasteiger partial charge in [0, 0.05) is 36.4 Å². The van der Waals surface area contributed by atoms with E-state index in [-0.39, 0.29) is 21.9 Å². The fraction of sp³-hybridized carbons (Fsp3) is 0.400. The van der Waals surface area contributed by atoms with Gasteiger partial charge in [0.05, 0.1) is 5.56 Å². The van der Waals surface area contributed by atoms with Crippen LogP contribution >= 0.6 is 23.2 Å². The summed E-state index contributed by atoms with van der Waals surface area (Å²) in [5.41, 5.74) is 0.853. The predicted octanol–water partition coefficient (Wildman–Crippen LogP) is 4.81. The van der Waals surface area contributed by atoms with E-state index >= 15 is 0 Å². The number of carbonyl (C=O) groups is 1. The van der Waals surface area contributed by atoms with Crippen molar-refractivity contribution in [1.82, 2.24) is 10.3 Å². The number of rotatable bonds is 6. The number of pyridine rings is 1. The maximum absolute atomic E-state index is 12.6. The van der Waals surface area contributed by atoms with E-state index in [4.69, 9.17) is 27.9 Å². The van der Waals surface area contributed by atoms with Gasteiger partial charge in [-0.3, -0.25) is 4.79 Å². The standard InChI is InChI=1S/C20H19Cl2F3N2O3/c21-15-3-1-14(2-4-15)19(5-7-29-8-6-19)11-27-17(28)13-9-16(22)18(26-10-13)30-12-20(23,24)25/h1-4,9-10H,5-8,11-12H2,(H,27,28). The van der Waals surface area contributed by atoms with Gasteiger partial charge in [0.25, 0.3) is 5.91 Å². The highest BCUT2D eigenvalue weighted by Gasteiger charge is 2.35. The van der Waals surface area contributed by atoms with Crippen molar-refractivity contribution in [3.8, 4) is 5.88 Å². The highest BCUT2D eigenvalue weighted by molar-refractivity contribution is 6.32. The number of amides is 1. The molecule has 5 nitrogen and oxygen atoms in total. The lowest BCUT2D eigenvalue weighted by molar-refractivity contribution is -0.154. The second-order valence-corrected chi connectivity index (χ2v) is 7.84. The number of nitrogens with one attached hydrogen (secondary N) is 1. The molecule has 10 heteroatoms. The van der Waals surface area contributed by atoms with Gasteiger partial charge in [0.1, 0.15) is 5.02 Å². The quantitative estimate of drug-likeness (QED) is 0.669. The minimum atomic E-state index is -4.51. The number of ether oxygens (including phenoxy) is 2. The van der Waals surface area contributed by atoms with Crippen LogP contribution in [0, 0.1) is 0 Å². The Bertz CT molecular complexity index is 886. The van der Waals surface area contributed by atoms with Gasteiger partial charge in [-0.15, -0.1) is 0 Å². The van der Waals surface area contributed by atoms with E-state index in [0.29, 0.717) is 24.8 Å². The Hall–Kier alpha value is -2.03. The van der Waals surface area contributed by atoms with Gasteiger partial charge >= 0.3 is 6.18 Å². The third kappa shape index (κ3) is 5.77. The lowest BCUT2D eigenvalue weighted by Gasteiger charge is -2.38. The number of aromatic nitrogens is 1. The highest BCUT2D eigenvalue weighted by atomic mass is 35.5. The van der Waals surface area contributed by atoms with Gasteiger partial charge in [-0.05, 0) is 36.6 Å². The van der Waals surface area contributed by atoms with Crippen molar-refractivity contribution < 1.29 is 27.4 Å². The van der Waals surface area contributed by atoms with Gasteiger partial charge in [0.15, 0.2) is 6.61 Å². The zero-order valence-corrected chi connectivity index (χ0v) is 17.3. The average molecular weight is 463 g/mol. The average Bonchev–Trinajstić information content (AvgIpc) is 2.71. The Labute approximate surface area is 181 Å². The van der Waals surface area contributed by atoms with Crippen molar-refractivity contribution in [2.24, 2.45) is 0 Å². The highest BCUT2D eigenvalue weighted by Crippen LogP contribution is 2.35. The van der Waals surface area contributed by atoms with E-state index in [2.05, 4.69) is 15.0 Å². The van der Waals surface area contributed by atoms with Crippen molar-refractivity contribution in [1.29, 1.82) is 0 Å². The summed E-state index contributed by atoms with van der Waals surface area (Å²) < 4.78 is 46.9. The summed E-state index contributed by atoms with van der Waals surface area (Å²) in [6.45, 7) is -0.0358. The summed E-state index contributed by atoms with van der Waals surface area (Å²) in [5.74, 6) is -0.820. The molecule has 0 atom stereocenters. The Morgan fingerprint density at radius 1 is 1.20 bits per heavy atom. The molecule has 0 saturated carbocycles. The topological polar surface area (TPSA) is 60.5 Å². The molecular weight excluding hydrogens is 444 g/mol. The second-order valence-electron chi connectivity index (χ2n) is 7.00. The molecule has 1 saturated heterocycles. The molecule has 30 heavy (non-hydrogen) atoms. The molecule has 0 bridgehead atoms. The Kier molecular flexibility index (Phi) is 7.10.